The second-order valence-corrected chi connectivity index (χ2v) is 4.21. The molecule has 0 spiro atoms. The van der Waals surface area contributed by atoms with Crippen molar-refractivity contribution in [2.24, 2.45) is 5.73 Å². The van der Waals surface area contributed by atoms with Gasteiger partial charge in [-0.05, 0) is 24.1 Å². The summed E-state index contributed by atoms with van der Waals surface area (Å²) in [5.41, 5.74) is 6.76. The highest BCUT2D eigenvalue weighted by atomic mass is 32.2. The third kappa shape index (κ3) is 4.13. The first kappa shape index (κ1) is 11.6. The summed E-state index contributed by atoms with van der Waals surface area (Å²) in [5.74, 6) is 1.10. The van der Waals surface area contributed by atoms with Gasteiger partial charge in [-0.2, -0.15) is 0 Å². The van der Waals surface area contributed by atoms with Crippen LogP contribution in [0.2, 0.25) is 0 Å². The minimum atomic E-state index is 0.618. The summed E-state index contributed by atoms with van der Waals surface area (Å²) < 4.78 is 4.99. The highest BCUT2D eigenvalue weighted by molar-refractivity contribution is 7.99. The highest BCUT2D eigenvalue weighted by Gasteiger charge is 1.95. The molecule has 0 aliphatic rings. The van der Waals surface area contributed by atoms with Crippen LogP contribution in [0, 0.1) is 0 Å². The van der Waals surface area contributed by atoms with Gasteiger partial charge in [0.15, 0.2) is 0 Å². The van der Waals surface area contributed by atoms with Crippen LogP contribution in [-0.4, -0.2) is 19.5 Å². The van der Waals surface area contributed by atoms with E-state index in [0.717, 1.165) is 18.8 Å². The lowest BCUT2D eigenvalue weighted by molar-refractivity contribution is 0.200. The van der Waals surface area contributed by atoms with Crippen LogP contribution < -0.4 is 5.73 Å². The third-order valence-corrected chi connectivity index (χ3v) is 2.98. The Kier molecular flexibility index (Phi) is 5.68. The van der Waals surface area contributed by atoms with Crippen LogP contribution in [0.1, 0.15) is 12.0 Å². The summed E-state index contributed by atoms with van der Waals surface area (Å²) in [5, 5.41) is 0. The van der Waals surface area contributed by atoms with Gasteiger partial charge in [0.05, 0.1) is 0 Å². The molecule has 2 N–H and O–H groups in total. The molecule has 78 valence electrons. The van der Waals surface area contributed by atoms with E-state index in [1.54, 1.807) is 7.11 Å². The van der Waals surface area contributed by atoms with Crippen molar-refractivity contribution >= 4 is 11.8 Å². The van der Waals surface area contributed by atoms with E-state index in [0.29, 0.717) is 6.54 Å². The maximum absolute atomic E-state index is 5.57. The molecular formula is C11H17NOS. The van der Waals surface area contributed by atoms with Gasteiger partial charge in [-0.25, -0.2) is 0 Å². The molecule has 14 heavy (non-hydrogen) atoms. The zero-order chi connectivity index (χ0) is 10.2. The van der Waals surface area contributed by atoms with Crippen molar-refractivity contribution < 1.29 is 4.74 Å². The molecule has 1 aromatic rings. The van der Waals surface area contributed by atoms with Crippen molar-refractivity contribution in [3.8, 4) is 0 Å². The smallest absolute Gasteiger partial charge is 0.0470 e. The molecule has 0 atom stereocenters. The van der Waals surface area contributed by atoms with E-state index in [2.05, 4.69) is 24.3 Å². The zero-order valence-electron chi connectivity index (χ0n) is 8.53. The van der Waals surface area contributed by atoms with Crippen molar-refractivity contribution in [3.05, 3.63) is 29.8 Å². The Morgan fingerprint density at radius 3 is 3.00 bits per heavy atom. The predicted molar refractivity (Wildman–Crippen MR) is 61.6 cm³/mol. The summed E-state index contributed by atoms with van der Waals surface area (Å²) in [4.78, 5) is 1.30. The van der Waals surface area contributed by atoms with E-state index in [4.69, 9.17) is 10.5 Å². The van der Waals surface area contributed by atoms with Gasteiger partial charge in [0.2, 0.25) is 0 Å². The van der Waals surface area contributed by atoms with E-state index in [1.807, 2.05) is 11.8 Å². The molecule has 0 fully saturated rings. The monoisotopic (exact) mass is 211 g/mol. The fourth-order valence-corrected chi connectivity index (χ4v) is 2.06. The maximum Gasteiger partial charge on any atom is 0.0470 e. The summed E-state index contributed by atoms with van der Waals surface area (Å²) in [6.45, 7) is 1.45. The molecule has 0 saturated heterocycles. The van der Waals surface area contributed by atoms with E-state index in [-0.39, 0.29) is 0 Å². The molecule has 2 nitrogen and oxygen atoms in total. The number of methoxy groups -OCH3 is 1. The number of hydrogen-bond donors (Lipinski definition) is 1. The molecule has 0 radical (unpaired) electrons. The van der Waals surface area contributed by atoms with Crippen LogP contribution >= 0.6 is 11.8 Å². The highest BCUT2D eigenvalue weighted by Crippen LogP contribution is 2.19. The van der Waals surface area contributed by atoms with Crippen molar-refractivity contribution in [2.45, 2.75) is 17.9 Å². The van der Waals surface area contributed by atoms with Gasteiger partial charge in [-0.15, -0.1) is 11.8 Å². The summed E-state index contributed by atoms with van der Waals surface area (Å²) >= 11 is 1.85. The van der Waals surface area contributed by atoms with Crippen LogP contribution in [0.15, 0.2) is 29.2 Å². The predicted octanol–water partition coefficient (Wildman–Crippen LogP) is 2.27. The molecule has 0 aromatic heterocycles. The van der Waals surface area contributed by atoms with Gasteiger partial charge in [-0.1, -0.05) is 12.1 Å². The first-order chi connectivity index (χ1) is 6.86. The average Bonchev–Trinajstić information content (AvgIpc) is 2.25. The van der Waals surface area contributed by atoms with Crippen molar-refractivity contribution in [1.29, 1.82) is 0 Å². The molecular weight excluding hydrogens is 194 g/mol. The Bertz CT molecular complexity index is 265. The Labute approximate surface area is 89.8 Å². The lowest BCUT2D eigenvalue weighted by Crippen LogP contribution is -1.95. The maximum atomic E-state index is 5.57. The van der Waals surface area contributed by atoms with Crippen LogP contribution in [-0.2, 0) is 11.3 Å². The lowest BCUT2D eigenvalue weighted by atomic mass is 10.2. The van der Waals surface area contributed by atoms with Crippen molar-refractivity contribution in [3.63, 3.8) is 0 Å². The fraction of sp³-hybridized carbons (Fsp3) is 0.455. The number of thioether (sulfide) groups is 1. The van der Waals surface area contributed by atoms with E-state index in [1.165, 1.54) is 10.5 Å². The minimum absolute atomic E-state index is 0.618. The summed E-state index contributed by atoms with van der Waals surface area (Å²) in [6.07, 6.45) is 1.09. The Morgan fingerprint density at radius 1 is 1.43 bits per heavy atom. The van der Waals surface area contributed by atoms with Crippen LogP contribution in [0.25, 0.3) is 0 Å². The average molecular weight is 211 g/mol. The molecule has 1 rings (SSSR count). The molecule has 1 aromatic carbocycles. The molecule has 3 heteroatoms. The van der Waals surface area contributed by atoms with E-state index < -0.39 is 0 Å². The number of rotatable bonds is 6. The van der Waals surface area contributed by atoms with Crippen LogP contribution in [0.5, 0.6) is 0 Å². The van der Waals surface area contributed by atoms with Crippen molar-refractivity contribution in [1.82, 2.24) is 0 Å². The minimum Gasteiger partial charge on any atom is -0.385 e. The second kappa shape index (κ2) is 6.87. The Morgan fingerprint density at radius 2 is 2.29 bits per heavy atom. The fourth-order valence-electron chi connectivity index (χ4n) is 1.16. The van der Waals surface area contributed by atoms with Gasteiger partial charge < -0.3 is 10.5 Å². The third-order valence-electron chi connectivity index (χ3n) is 1.90. The quantitative estimate of drug-likeness (QED) is 0.579. The van der Waals surface area contributed by atoms with E-state index in [9.17, 15) is 0 Å². The van der Waals surface area contributed by atoms with Gasteiger partial charge >= 0.3 is 0 Å². The Hall–Kier alpha value is -0.510. The topological polar surface area (TPSA) is 35.2 Å². The molecule has 0 bridgehead atoms. The normalized spacial score (nSPS) is 10.4. The molecule has 0 aliphatic carbocycles. The van der Waals surface area contributed by atoms with Crippen LogP contribution in [0.3, 0.4) is 0 Å². The number of nitrogens with two attached hydrogens (primary N) is 1. The van der Waals surface area contributed by atoms with Gasteiger partial charge in [0.1, 0.15) is 0 Å². The van der Waals surface area contributed by atoms with Crippen molar-refractivity contribution in [2.75, 3.05) is 19.5 Å². The van der Waals surface area contributed by atoms with E-state index >= 15 is 0 Å². The summed E-state index contributed by atoms with van der Waals surface area (Å²) in [7, 11) is 1.74. The number of benzene rings is 1. The number of ether oxygens (including phenoxy) is 1. The standard InChI is InChI=1S/C11H17NOS/c1-13-6-3-7-14-11-5-2-4-10(8-11)9-12/h2,4-5,8H,3,6-7,9,12H2,1H3. The Balaban J connectivity index is 2.34. The zero-order valence-corrected chi connectivity index (χ0v) is 9.35. The van der Waals surface area contributed by atoms with Gasteiger partial charge in [-0.3, -0.25) is 0 Å². The molecule has 0 saturated carbocycles. The SMILES string of the molecule is COCCCSc1cccc(CN)c1. The number of hydrogen-bond acceptors (Lipinski definition) is 3. The lowest BCUT2D eigenvalue weighted by Gasteiger charge is -2.03. The van der Waals surface area contributed by atoms with Gasteiger partial charge in [0, 0.05) is 30.9 Å². The molecule has 0 heterocycles. The molecule has 0 amide bonds. The second-order valence-electron chi connectivity index (χ2n) is 3.05. The first-order valence-electron chi connectivity index (χ1n) is 4.77. The largest absolute Gasteiger partial charge is 0.385 e. The van der Waals surface area contributed by atoms with Crippen LogP contribution in [0.4, 0.5) is 0 Å². The molecule has 0 unspecified atom stereocenters. The summed E-state index contributed by atoms with van der Waals surface area (Å²) in [6, 6.07) is 8.38. The van der Waals surface area contributed by atoms with Gasteiger partial charge in [0.25, 0.3) is 0 Å². The molecule has 0 aliphatic heterocycles. The first-order valence-corrected chi connectivity index (χ1v) is 5.76.